The van der Waals surface area contributed by atoms with E-state index in [0.717, 1.165) is 12.8 Å². The molecule has 0 bridgehead atoms. The van der Waals surface area contributed by atoms with E-state index in [1.807, 2.05) is 13.8 Å². The molecule has 0 radical (unpaired) electrons. The third-order valence-corrected chi connectivity index (χ3v) is 4.31. The average molecular weight is 357 g/mol. The standard InChI is InChI=1S/C16H19N7O3/c1-10(2)15-18-16(26-21-15)11-4-3-7-22(11)14(24)8-25-13-6-5-12-19-17-9-23(12)20-13/h5-6,9-11H,3-4,7-8H2,1-2H3/t11-/m0/s1. The van der Waals surface area contributed by atoms with Crippen LogP contribution in [-0.2, 0) is 4.79 Å². The molecule has 3 aromatic rings. The van der Waals surface area contributed by atoms with Crippen molar-refractivity contribution in [2.75, 3.05) is 13.2 Å². The zero-order valence-corrected chi connectivity index (χ0v) is 14.6. The van der Waals surface area contributed by atoms with Crippen LogP contribution in [0, 0.1) is 0 Å². The Morgan fingerprint density at radius 2 is 2.31 bits per heavy atom. The lowest BCUT2D eigenvalue weighted by Crippen LogP contribution is -2.34. The smallest absolute Gasteiger partial charge is 0.261 e. The summed E-state index contributed by atoms with van der Waals surface area (Å²) in [6, 6.07) is 3.19. The number of aromatic nitrogens is 6. The van der Waals surface area contributed by atoms with Crippen LogP contribution in [-0.4, -0.2) is 53.9 Å². The van der Waals surface area contributed by atoms with Crippen molar-refractivity contribution in [3.63, 3.8) is 0 Å². The number of carbonyl (C=O) groups is 1. The number of fused-ring (bicyclic) bond motifs is 1. The first kappa shape index (κ1) is 16.4. The number of likely N-dealkylation sites (tertiary alicyclic amines) is 1. The Morgan fingerprint density at radius 3 is 3.12 bits per heavy atom. The van der Waals surface area contributed by atoms with Gasteiger partial charge in [0.05, 0.1) is 0 Å². The summed E-state index contributed by atoms with van der Waals surface area (Å²) < 4.78 is 12.4. The number of nitrogens with zero attached hydrogens (tertiary/aromatic N) is 7. The van der Waals surface area contributed by atoms with Crippen molar-refractivity contribution in [1.82, 2.24) is 34.9 Å². The molecule has 136 valence electrons. The van der Waals surface area contributed by atoms with Gasteiger partial charge in [-0.3, -0.25) is 4.79 Å². The summed E-state index contributed by atoms with van der Waals surface area (Å²) in [6.07, 6.45) is 3.17. The molecule has 1 fully saturated rings. The highest BCUT2D eigenvalue weighted by atomic mass is 16.5. The van der Waals surface area contributed by atoms with Crippen molar-refractivity contribution < 1.29 is 14.1 Å². The summed E-state index contributed by atoms with van der Waals surface area (Å²) in [5.41, 5.74) is 0.612. The quantitative estimate of drug-likeness (QED) is 0.673. The molecule has 0 aromatic carbocycles. The highest BCUT2D eigenvalue weighted by Crippen LogP contribution is 2.31. The van der Waals surface area contributed by atoms with Crippen LogP contribution in [0.3, 0.4) is 0 Å². The maximum absolute atomic E-state index is 12.6. The maximum Gasteiger partial charge on any atom is 0.261 e. The van der Waals surface area contributed by atoms with Gasteiger partial charge in [-0.15, -0.1) is 15.3 Å². The summed E-state index contributed by atoms with van der Waals surface area (Å²) in [4.78, 5) is 18.8. The fraction of sp³-hybridized carbons (Fsp3) is 0.500. The predicted octanol–water partition coefficient (Wildman–Crippen LogP) is 1.37. The summed E-state index contributed by atoms with van der Waals surface area (Å²) >= 11 is 0. The lowest BCUT2D eigenvalue weighted by Gasteiger charge is -2.21. The molecule has 1 aliphatic heterocycles. The van der Waals surface area contributed by atoms with Gasteiger partial charge in [-0.05, 0) is 18.9 Å². The molecule has 1 saturated heterocycles. The molecule has 10 heteroatoms. The van der Waals surface area contributed by atoms with Crippen molar-refractivity contribution >= 4 is 11.6 Å². The van der Waals surface area contributed by atoms with Gasteiger partial charge >= 0.3 is 0 Å². The first-order chi connectivity index (χ1) is 12.6. The Balaban J connectivity index is 1.42. The van der Waals surface area contributed by atoms with Crippen LogP contribution in [0.25, 0.3) is 5.65 Å². The number of amides is 1. The van der Waals surface area contributed by atoms with Crippen LogP contribution in [0.15, 0.2) is 23.0 Å². The molecule has 1 atom stereocenters. The molecule has 0 N–H and O–H groups in total. The van der Waals surface area contributed by atoms with Crippen LogP contribution in [0.5, 0.6) is 5.88 Å². The van der Waals surface area contributed by atoms with E-state index in [1.54, 1.807) is 17.0 Å². The van der Waals surface area contributed by atoms with Gasteiger partial charge in [-0.1, -0.05) is 19.0 Å². The highest BCUT2D eigenvalue weighted by molar-refractivity contribution is 5.78. The molecule has 1 amide bonds. The topological polar surface area (TPSA) is 112 Å². The lowest BCUT2D eigenvalue weighted by molar-refractivity contribution is -0.134. The van der Waals surface area contributed by atoms with Gasteiger partial charge < -0.3 is 14.2 Å². The first-order valence-electron chi connectivity index (χ1n) is 8.54. The van der Waals surface area contributed by atoms with E-state index in [1.165, 1.54) is 10.8 Å². The van der Waals surface area contributed by atoms with Crippen LogP contribution in [0.4, 0.5) is 0 Å². The molecule has 3 aromatic heterocycles. The summed E-state index contributed by atoms with van der Waals surface area (Å²) in [5, 5.41) is 15.8. The van der Waals surface area contributed by atoms with Crippen molar-refractivity contribution in [2.24, 2.45) is 0 Å². The third kappa shape index (κ3) is 3.09. The van der Waals surface area contributed by atoms with E-state index in [9.17, 15) is 4.79 Å². The molecule has 0 unspecified atom stereocenters. The largest absolute Gasteiger partial charge is 0.467 e. The van der Waals surface area contributed by atoms with Crippen molar-refractivity contribution in [3.05, 3.63) is 30.2 Å². The minimum atomic E-state index is -0.195. The molecule has 1 aliphatic rings. The van der Waals surface area contributed by atoms with Gasteiger partial charge in [0.1, 0.15) is 12.4 Å². The summed E-state index contributed by atoms with van der Waals surface area (Å²) in [6.45, 7) is 4.53. The molecule has 4 rings (SSSR count). The Labute approximate surface area is 149 Å². The summed E-state index contributed by atoms with van der Waals surface area (Å²) in [7, 11) is 0. The van der Waals surface area contributed by atoms with Crippen LogP contribution >= 0.6 is 0 Å². The number of hydrogen-bond acceptors (Lipinski definition) is 8. The van der Waals surface area contributed by atoms with E-state index >= 15 is 0 Å². The molecule has 0 aliphatic carbocycles. The molecule has 26 heavy (non-hydrogen) atoms. The number of ether oxygens (including phenoxy) is 1. The minimum absolute atomic E-state index is 0.109. The Bertz CT molecular complexity index is 919. The summed E-state index contributed by atoms with van der Waals surface area (Å²) in [5.74, 6) is 1.52. The van der Waals surface area contributed by atoms with Crippen LogP contribution in [0.2, 0.25) is 0 Å². The normalized spacial score (nSPS) is 17.3. The monoisotopic (exact) mass is 357 g/mol. The van der Waals surface area contributed by atoms with Crippen molar-refractivity contribution in [2.45, 2.75) is 38.6 Å². The minimum Gasteiger partial charge on any atom is -0.467 e. The van der Waals surface area contributed by atoms with Gasteiger partial charge in [0.15, 0.2) is 18.1 Å². The Morgan fingerprint density at radius 1 is 1.42 bits per heavy atom. The SMILES string of the molecule is CC(C)c1noc([C@@H]2CCCN2C(=O)COc2ccc3nncn3n2)n1. The third-order valence-electron chi connectivity index (χ3n) is 4.31. The zero-order chi connectivity index (χ0) is 18.1. The number of hydrogen-bond donors (Lipinski definition) is 0. The van der Waals surface area contributed by atoms with E-state index in [-0.39, 0.29) is 24.5 Å². The number of carbonyl (C=O) groups excluding carboxylic acids is 1. The molecule has 0 spiro atoms. The first-order valence-corrected chi connectivity index (χ1v) is 8.54. The molecular formula is C16H19N7O3. The van der Waals surface area contributed by atoms with Crippen molar-refractivity contribution in [1.29, 1.82) is 0 Å². The molecule has 10 nitrogen and oxygen atoms in total. The van der Waals surface area contributed by atoms with E-state index in [2.05, 4.69) is 25.4 Å². The Kier molecular flexibility index (Phi) is 4.23. The van der Waals surface area contributed by atoms with Crippen LogP contribution < -0.4 is 4.74 Å². The highest BCUT2D eigenvalue weighted by Gasteiger charge is 2.34. The van der Waals surface area contributed by atoms with Crippen molar-refractivity contribution in [3.8, 4) is 5.88 Å². The molecule has 4 heterocycles. The maximum atomic E-state index is 12.6. The molecular weight excluding hydrogens is 338 g/mol. The lowest BCUT2D eigenvalue weighted by atomic mass is 10.2. The second kappa shape index (κ2) is 6.70. The fourth-order valence-electron chi connectivity index (χ4n) is 2.95. The van der Waals surface area contributed by atoms with Gasteiger partial charge in [-0.25, -0.2) is 0 Å². The van der Waals surface area contributed by atoms with Gasteiger partial charge in [-0.2, -0.15) is 9.50 Å². The average Bonchev–Trinajstić information content (AvgIpc) is 3.38. The van der Waals surface area contributed by atoms with E-state index < -0.39 is 0 Å². The number of rotatable bonds is 5. The predicted molar refractivity (Wildman–Crippen MR) is 88.4 cm³/mol. The Hall–Kier alpha value is -3.04. The second-order valence-corrected chi connectivity index (χ2v) is 6.48. The second-order valence-electron chi connectivity index (χ2n) is 6.48. The van der Waals surface area contributed by atoms with E-state index in [4.69, 9.17) is 9.26 Å². The van der Waals surface area contributed by atoms with E-state index in [0.29, 0.717) is 29.8 Å². The van der Waals surface area contributed by atoms with Gasteiger partial charge in [0.2, 0.25) is 11.8 Å². The van der Waals surface area contributed by atoms with Gasteiger partial charge in [0.25, 0.3) is 5.91 Å². The van der Waals surface area contributed by atoms with Gasteiger partial charge in [0, 0.05) is 18.5 Å². The molecule has 0 saturated carbocycles. The van der Waals surface area contributed by atoms with Crippen LogP contribution in [0.1, 0.15) is 50.4 Å². The zero-order valence-electron chi connectivity index (χ0n) is 14.6. The fourth-order valence-corrected chi connectivity index (χ4v) is 2.95.